The van der Waals surface area contributed by atoms with Gasteiger partial charge in [0.1, 0.15) is 0 Å². The molecule has 0 atom stereocenters. The van der Waals surface area contributed by atoms with Crippen LogP contribution in [0.4, 0.5) is 5.69 Å². The van der Waals surface area contributed by atoms with Gasteiger partial charge in [0.15, 0.2) is 11.5 Å². The maximum atomic E-state index is 12.6. The van der Waals surface area contributed by atoms with Crippen molar-refractivity contribution in [2.24, 2.45) is 0 Å². The van der Waals surface area contributed by atoms with Crippen LogP contribution in [-0.4, -0.2) is 27.2 Å². The summed E-state index contributed by atoms with van der Waals surface area (Å²) >= 11 is 0. The first-order valence-electron chi connectivity index (χ1n) is 7.19. The largest absolute Gasteiger partial charge is 0.493 e. The van der Waals surface area contributed by atoms with Gasteiger partial charge in [-0.3, -0.25) is 4.79 Å². The van der Waals surface area contributed by atoms with E-state index in [0.717, 1.165) is 11.3 Å². The fourth-order valence-corrected chi connectivity index (χ4v) is 2.30. The molecule has 0 unspecified atom stereocenters. The van der Waals surface area contributed by atoms with Crippen LogP contribution in [0.2, 0.25) is 0 Å². The van der Waals surface area contributed by atoms with Gasteiger partial charge in [-0.05, 0) is 49.2 Å². The molecule has 0 spiro atoms. The van der Waals surface area contributed by atoms with Crippen molar-refractivity contribution in [1.82, 2.24) is 0 Å². The van der Waals surface area contributed by atoms with Gasteiger partial charge in [-0.2, -0.15) is 0 Å². The smallest absolute Gasteiger partial charge is 0.259 e. The number of ether oxygens (including phenoxy) is 3. The molecule has 2 aromatic rings. The van der Waals surface area contributed by atoms with E-state index in [2.05, 4.69) is 5.32 Å². The molecule has 0 saturated carbocycles. The first-order chi connectivity index (χ1) is 11.0. The highest BCUT2D eigenvalue weighted by Crippen LogP contribution is 2.39. The van der Waals surface area contributed by atoms with E-state index < -0.39 is 0 Å². The van der Waals surface area contributed by atoms with Crippen molar-refractivity contribution < 1.29 is 19.0 Å². The van der Waals surface area contributed by atoms with E-state index in [1.54, 1.807) is 12.1 Å². The van der Waals surface area contributed by atoms with E-state index in [0.29, 0.717) is 22.8 Å². The molecule has 0 aromatic heterocycles. The Morgan fingerprint density at radius 2 is 1.57 bits per heavy atom. The van der Waals surface area contributed by atoms with Gasteiger partial charge in [0.2, 0.25) is 5.75 Å². The van der Waals surface area contributed by atoms with Crippen LogP contribution in [0.15, 0.2) is 30.3 Å². The third kappa shape index (κ3) is 3.39. The second-order valence-electron chi connectivity index (χ2n) is 5.14. The van der Waals surface area contributed by atoms with Crippen LogP contribution in [0.1, 0.15) is 21.5 Å². The lowest BCUT2D eigenvalue weighted by molar-refractivity contribution is 0.102. The molecule has 0 aliphatic rings. The number of rotatable bonds is 5. The highest BCUT2D eigenvalue weighted by molar-refractivity contribution is 6.07. The van der Waals surface area contributed by atoms with Gasteiger partial charge in [0, 0.05) is 5.69 Å². The third-order valence-electron chi connectivity index (χ3n) is 3.71. The zero-order valence-electron chi connectivity index (χ0n) is 14.0. The molecular weight excluding hydrogens is 294 g/mol. The molecule has 1 N–H and O–H groups in total. The number of carbonyl (C=O) groups is 1. The molecule has 5 heteroatoms. The molecule has 0 fully saturated rings. The van der Waals surface area contributed by atoms with E-state index in [4.69, 9.17) is 14.2 Å². The minimum atomic E-state index is -0.272. The molecule has 0 aliphatic carbocycles. The summed E-state index contributed by atoms with van der Waals surface area (Å²) < 4.78 is 15.9. The number of hydrogen-bond donors (Lipinski definition) is 1. The highest BCUT2D eigenvalue weighted by Gasteiger charge is 2.20. The quantitative estimate of drug-likeness (QED) is 0.916. The summed E-state index contributed by atoms with van der Waals surface area (Å²) in [7, 11) is 4.53. The number of carbonyl (C=O) groups excluding carboxylic acids is 1. The molecule has 1 amide bonds. The molecule has 0 bridgehead atoms. The van der Waals surface area contributed by atoms with Gasteiger partial charge in [-0.1, -0.05) is 6.07 Å². The molecule has 5 nitrogen and oxygen atoms in total. The first-order valence-corrected chi connectivity index (χ1v) is 7.19. The normalized spacial score (nSPS) is 10.1. The summed E-state index contributed by atoms with van der Waals surface area (Å²) in [6.07, 6.45) is 0. The van der Waals surface area contributed by atoms with Crippen LogP contribution in [0.5, 0.6) is 17.2 Å². The van der Waals surface area contributed by atoms with Gasteiger partial charge in [0.05, 0.1) is 26.9 Å². The van der Waals surface area contributed by atoms with Crippen molar-refractivity contribution in [3.05, 3.63) is 47.0 Å². The number of benzene rings is 2. The van der Waals surface area contributed by atoms with E-state index in [1.807, 2.05) is 32.0 Å². The van der Waals surface area contributed by atoms with E-state index in [-0.39, 0.29) is 5.91 Å². The first kappa shape index (κ1) is 16.7. The lowest BCUT2D eigenvalue weighted by Gasteiger charge is -2.15. The fourth-order valence-electron chi connectivity index (χ4n) is 2.30. The molecule has 2 rings (SSSR count). The predicted octanol–water partition coefficient (Wildman–Crippen LogP) is 3.58. The van der Waals surface area contributed by atoms with Crippen LogP contribution in [0, 0.1) is 13.8 Å². The Balaban J connectivity index is 2.37. The average molecular weight is 315 g/mol. The minimum absolute atomic E-state index is 0.272. The molecule has 0 heterocycles. The summed E-state index contributed by atoms with van der Waals surface area (Å²) in [5.74, 6) is 0.967. The van der Waals surface area contributed by atoms with Crippen LogP contribution in [0.3, 0.4) is 0 Å². The number of aryl methyl sites for hydroxylation is 2. The number of amides is 1. The van der Waals surface area contributed by atoms with Crippen molar-refractivity contribution in [3.63, 3.8) is 0 Å². The number of nitrogens with one attached hydrogen (secondary N) is 1. The SMILES string of the molecule is COc1ccc(C(=O)Nc2ccc(C)c(C)c2)c(OC)c1OC. The van der Waals surface area contributed by atoms with Gasteiger partial charge in [-0.15, -0.1) is 0 Å². The van der Waals surface area contributed by atoms with E-state index in [1.165, 1.54) is 26.9 Å². The minimum Gasteiger partial charge on any atom is -0.493 e. The number of anilines is 1. The molecule has 122 valence electrons. The Morgan fingerprint density at radius 1 is 0.870 bits per heavy atom. The lowest BCUT2D eigenvalue weighted by Crippen LogP contribution is -2.14. The summed E-state index contributed by atoms with van der Waals surface area (Å²) in [6.45, 7) is 4.03. The van der Waals surface area contributed by atoms with Crippen molar-refractivity contribution in [2.75, 3.05) is 26.6 Å². The second-order valence-corrected chi connectivity index (χ2v) is 5.14. The van der Waals surface area contributed by atoms with Gasteiger partial charge >= 0.3 is 0 Å². The van der Waals surface area contributed by atoms with E-state index >= 15 is 0 Å². The topological polar surface area (TPSA) is 56.8 Å². The Morgan fingerprint density at radius 3 is 2.13 bits per heavy atom. The van der Waals surface area contributed by atoms with Crippen LogP contribution in [0.25, 0.3) is 0 Å². The summed E-state index contributed by atoms with van der Waals surface area (Å²) in [6, 6.07) is 9.10. The van der Waals surface area contributed by atoms with Gasteiger partial charge in [0.25, 0.3) is 5.91 Å². The van der Waals surface area contributed by atoms with Crippen molar-refractivity contribution >= 4 is 11.6 Å². The summed E-state index contributed by atoms with van der Waals surface area (Å²) in [5, 5.41) is 2.87. The Labute approximate surface area is 136 Å². The molecule has 0 aliphatic heterocycles. The fraction of sp³-hybridized carbons (Fsp3) is 0.278. The third-order valence-corrected chi connectivity index (χ3v) is 3.71. The maximum absolute atomic E-state index is 12.6. The van der Waals surface area contributed by atoms with Crippen LogP contribution < -0.4 is 19.5 Å². The van der Waals surface area contributed by atoms with Gasteiger partial charge in [-0.25, -0.2) is 0 Å². The predicted molar refractivity (Wildman–Crippen MR) is 90.0 cm³/mol. The molecule has 0 radical (unpaired) electrons. The highest BCUT2D eigenvalue weighted by atomic mass is 16.5. The Kier molecular flexibility index (Phi) is 5.11. The van der Waals surface area contributed by atoms with Crippen LogP contribution >= 0.6 is 0 Å². The molecule has 23 heavy (non-hydrogen) atoms. The standard InChI is InChI=1S/C18H21NO4/c1-11-6-7-13(10-12(11)2)19-18(20)14-8-9-15(21-3)17(23-5)16(14)22-4/h6-10H,1-5H3,(H,19,20). The molecule has 0 saturated heterocycles. The zero-order valence-corrected chi connectivity index (χ0v) is 14.0. The summed E-state index contributed by atoms with van der Waals surface area (Å²) in [5.41, 5.74) is 3.40. The zero-order chi connectivity index (χ0) is 17.0. The monoisotopic (exact) mass is 315 g/mol. The molecular formula is C18H21NO4. The Bertz CT molecular complexity index is 725. The number of methoxy groups -OCH3 is 3. The van der Waals surface area contributed by atoms with Crippen molar-refractivity contribution in [1.29, 1.82) is 0 Å². The Hall–Kier alpha value is -2.69. The molecule has 2 aromatic carbocycles. The maximum Gasteiger partial charge on any atom is 0.259 e. The average Bonchev–Trinajstić information content (AvgIpc) is 2.56. The van der Waals surface area contributed by atoms with Crippen LogP contribution in [-0.2, 0) is 0 Å². The van der Waals surface area contributed by atoms with E-state index in [9.17, 15) is 4.79 Å². The van der Waals surface area contributed by atoms with Gasteiger partial charge < -0.3 is 19.5 Å². The lowest BCUT2D eigenvalue weighted by atomic mass is 10.1. The van der Waals surface area contributed by atoms with Crippen molar-refractivity contribution in [2.45, 2.75) is 13.8 Å². The second kappa shape index (κ2) is 7.05. The summed E-state index contributed by atoms with van der Waals surface area (Å²) in [4.78, 5) is 12.6. The number of hydrogen-bond acceptors (Lipinski definition) is 4. The van der Waals surface area contributed by atoms with Crippen molar-refractivity contribution in [3.8, 4) is 17.2 Å².